The predicted octanol–water partition coefficient (Wildman–Crippen LogP) is 2.33. The fraction of sp³-hybridized carbons (Fsp3) is 0.312. The highest BCUT2D eigenvalue weighted by Gasteiger charge is 2.15. The number of hydrogen-bond donors (Lipinski definition) is 4. The molecule has 7 nitrogen and oxygen atoms in total. The summed E-state index contributed by atoms with van der Waals surface area (Å²) in [6, 6.07) is 7.32. The van der Waals surface area contributed by atoms with E-state index >= 15 is 0 Å². The van der Waals surface area contributed by atoms with Crippen LogP contribution < -0.4 is 21.9 Å². The monoisotopic (exact) mass is 314 g/mol. The van der Waals surface area contributed by atoms with Crippen LogP contribution in [0.3, 0.4) is 0 Å². The Morgan fingerprint density at radius 3 is 2.43 bits per heavy atom. The van der Waals surface area contributed by atoms with Crippen LogP contribution in [0.5, 0.6) is 0 Å². The first-order valence-electron chi connectivity index (χ1n) is 7.28. The van der Waals surface area contributed by atoms with Crippen LogP contribution in [-0.2, 0) is 0 Å². The summed E-state index contributed by atoms with van der Waals surface area (Å²) < 4.78 is 0. The van der Waals surface area contributed by atoms with Gasteiger partial charge in [0.05, 0.1) is 0 Å². The molecule has 0 saturated heterocycles. The number of nitrogens with two attached hydrogens (primary N) is 1. The zero-order valence-electron chi connectivity index (χ0n) is 13.8. The minimum Gasteiger partial charge on any atom is -0.393 e. The first kappa shape index (κ1) is 16.5. The molecule has 0 unspecified atom stereocenters. The van der Waals surface area contributed by atoms with Crippen LogP contribution in [0, 0.1) is 6.92 Å². The number of hydrogen-bond acceptors (Lipinski definition) is 6. The highest BCUT2D eigenvalue weighted by atomic mass is 16.2. The second kappa shape index (κ2) is 6.51. The Hall–Kier alpha value is -2.83. The molecule has 1 amide bonds. The number of aryl methyl sites for hydroxylation is 1. The molecule has 122 valence electrons. The second-order valence-electron chi connectivity index (χ2n) is 6.25. The Labute approximate surface area is 135 Å². The number of hydrazine groups is 1. The minimum absolute atomic E-state index is 0.190. The number of aromatic nitrogens is 2. The molecule has 2 rings (SSSR count). The third-order valence-electron chi connectivity index (χ3n) is 3.06. The summed E-state index contributed by atoms with van der Waals surface area (Å²) in [5.74, 6) is 0.597. The smallest absolute Gasteiger partial charge is 0.269 e. The largest absolute Gasteiger partial charge is 0.393 e. The average molecular weight is 314 g/mol. The van der Waals surface area contributed by atoms with E-state index in [0.717, 1.165) is 5.56 Å². The van der Waals surface area contributed by atoms with Gasteiger partial charge in [-0.1, -0.05) is 18.2 Å². The van der Waals surface area contributed by atoms with Crippen molar-refractivity contribution in [3.8, 4) is 0 Å². The normalized spacial score (nSPS) is 11.0. The molecular formula is C16H22N6O. The van der Waals surface area contributed by atoms with Crippen molar-refractivity contribution < 1.29 is 4.79 Å². The molecule has 0 fully saturated rings. The number of anilines is 3. The first-order valence-corrected chi connectivity index (χ1v) is 7.28. The van der Waals surface area contributed by atoms with E-state index in [9.17, 15) is 4.79 Å². The number of nitrogen functional groups attached to an aromatic ring is 1. The minimum atomic E-state index is -0.258. The van der Waals surface area contributed by atoms with Gasteiger partial charge in [0.25, 0.3) is 5.91 Å². The molecule has 0 saturated carbocycles. The van der Waals surface area contributed by atoms with Crippen LogP contribution in [0.25, 0.3) is 0 Å². The van der Waals surface area contributed by atoms with E-state index in [4.69, 9.17) is 5.73 Å². The van der Waals surface area contributed by atoms with Crippen molar-refractivity contribution in [1.29, 1.82) is 0 Å². The van der Waals surface area contributed by atoms with Crippen molar-refractivity contribution in [2.24, 2.45) is 0 Å². The fourth-order valence-electron chi connectivity index (χ4n) is 1.96. The summed E-state index contributed by atoms with van der Waals surface area (Å²) in [5, 5.41) is 3.19. The van der Waals surface area contributed by atoms with Gasteiger partial charge in [0.15, 0.2) is 11.6 Å². The molecular weight excluding hydrogens is 292 g/mol. The molecule has 0 atom stereocenters. The van der Waals surface area contributed by atoms with Gasteiger partial charge in [-0.05, 0) is 39.3 Å². The van der Waals surface area contributed by atoms with E-state index in [1.807, 2.05) is 45.9 Å². The molecule has 2 aromatic rings. The van der Waals surface area contributed by atoms with E-state index in [2.05, 4.69) is 26.1 Å². The van der Waals surface area contributed by atoms with E-state index in [1.54, 1.807) is 6.07 Å². The topological polar surface area (TPSA) is 105 Å². The van der Waals surface area contributed by atoms with Crippen LogP contribution in [0.2, 0.25) is 0 Å². The standard InChI is InChI=1S/C16H22N6O/c1-10-7-5-6-8-11(10)15(23)22-21-14-12(17)13(18-9-19-14)20-16(2,3)4/h5-9H,17H2,1-4H3,(H,22,23)(H2,18,19,20,21). The fourth-order valence-corrected chi connectivity index (χ4v) is 1.96. The van der Waals surface area contributed by atoms with Gasteiger partial charge >= 0.3 is 0 Å². The van der Waals surface area contributed by atoms with Crippen LogP contribution in [-0.4, -0.2) is 21.4 Å². The summed E-state index contributed by atoms with van der Waals surface area (Å²) in [6.45, 7) is 7.88. The van der Waals surface area contributed by atoms with Gasteiger partial charge in [-0.3, -0.25) is 15.6 Å². The molecule has 0 aliphatic rings. The van der Waals surface area contributed by atoms with Gasteiger partial charge in [0, 0.05) is 11.1 Å². The van der Waals surface area contributed by atoms with E-state index in [1.165, 1.54) is 6.33 Å². The number of nitrogens with one attached hydrogen (secondary N) is 3. The van der Waals surface area contributed by atoms with Gasteiger partial charge < -0.3 is 11.1 Å². The zero-order valence-corrected chi connectivity index (χ0v) is 13.8. The van der Waals surface area contributed by atoms with E-state index < -0.39 is 0 Å². The van der Waals surface area contributed by atoms with Crippen LogP contribution in [0.15, 0.2) is 30.6 Å². The van der Waals surface area contributed by atoms with Gasteiger partial charge in [-0.25, -0.2) is 9.97 Å². The number of carbonyl (C=O) groups excluding carboxylic acids is 1. The summed E-state index contributed by atoms with van der Waals surface area (Å²) in [6.07, 6.45) is 1.38. The number of nitrogens with zero attached hydrogens (tertiary/aromatic N) is 2. The predicted molar refractivity (Wildman–Crippen MR) is 92.1 cm³/mol. The summed E-state index contributed by atoms with van der Waals surface area (Å²) in [7, 11) is 0. The maximum absolute atomic E-state index is 12.2. The quantitative estimate of drug-likeness (QED) is 0.646. The molecule has 0 radical (unpaired) electrons. The Balaban J connectivity index is 2.11. The van der Waals surface area contributed by atoms with Crippen molar-refractivity contribution in [1.82, 2.24) is 15.4 Å². The number of benzene rings is 1. The third-order valence-corrected chi connectivity index (χ3v) is 3.06. The molecule has 0 bridgehead atoms. The second-order valence-corrected chi connectivity index (χ2v) is 6.25. The van der Waals surface area contributed by atoms with E-state index in [0.29, 0.717) is 22.9 Å². The first-order chi connectivity index (χ1) is 10.8. The van der Waals surface area contributed by atoms with Gasteiger partial charge in [0.1, 0.15) is 12.0 Å². The molecule has 0 aliphatic heterocycles. The van der Waals surface area contributed by atoms with Crippen molar-refractivity contribution in [3.05, 3.63) is 41.7 Å². The van der Waals surface area contributed by atoms with Gasteiger partial charge in [-0.2, -0.15) is 0 Å². The lowest BCUT2D eigenvalue weighted by Crippen LogP contribution is -2.31. The SMILES string of the molecule is Cc1ccccc1C(=O)NNc1ncnc(NC(C)(C)C)c1N. The van der Waals surface area contributed by atoms with Crippen molar-refractivity contribution >= 4 is 23.2 Å². The summed E-state index contributed by atoms with van der Waals surface area (Å²) in [4.78, 5) is 20.4. The lowest BCUT2D eigenvalue weighted by atomic mass is 10.1. The Bertz CT molecular complexity index is 708. The molecule has 0 aliphatic carbocycles. The maximum Gasteiger partial charge on any atom is 0.269 e. The van der Waals surface area contributed by atoms with E-state index in [-0.39, 0.29) is 11.4 Å². The van der Waals surface area contributed by atoms with Crippen molar-refractivity contribution in [2.45, 2.75) is 33.2 Å². The number of rotatable bonds is 4. The molecule has 23 heavy (non-hydrogen) atoms. The third kappa shape index (κ3) is 4.32. The Morgan fingerprint density at radius 2 is 1.78 bits per heavy atom. The molecule has 1 aromatic carbocycles. The molecule has 5 N–H and O–H groups in total. The maximum atomic E-state index is 12.2. The zero-order chi connectivity index (χ0) is 17.0. The molecule has 1 aromatic heterocycles. The Morgan fingerprint density at radius 1 is 1.13 bits per heavy atom. The highest BCUT2D eigenvalue weighted by Crippen LogP contribution is 2.24. The summed E-state index contributed by atoms with van der Waals surface area (Å²) in [5.41, 5.74) is 13.0. The van der Waals surface area contributed by atoms with Crippen molar-refractivity contribution in [3.63, 3.8) is 0 Å². The highest BCUT2D eigenvalue weighted by molar-refractivity contribution is 5.96. The van der Waals surface area contributed by atoms with Crippen LogP contribution in [0.1, 0.15) is 36.7 Å². The van der Waals surface area contributed by atoms with Crippen molar-refractivity contribution in [2.75, 3.05) is 16.5 Å². The molecule has 7 heteroatoms. The van der Waals surface area contributed by atoms with Crippen LogP contribution >= 0.6 is 0 Å². The van der Waals surface area contributed by atoms with Crippen LogP contribution in [0.4, 0.5) is 17.3 Å². The number of amides is 1. The molecule has 0 spiro atoms. The number of carbonyl (C=O) groups is 1. The Kier molecular flexibility index (Phi) is 4.68. The lowest BCUT2D eigenvalue weighted by Gasteiger charge is -2.22. The van der Waals surface area contributed by atoms with Gasteiger partial charge in [-0.15, -0.1) is 0 Å². The average Bonchev–Trinajstić information content (AvgIpc) is 2.47. The molecule has 1 heterocycles. The summed E-state index contributed by atoms with van der Waals surface area (Å²) >= 11 is 0. The lowest BCUT2D eigenvalue weighted by molar-refractivity contribution is 0.0962. The van der Waals surface area contributed by atoms with Gasteiger partial charge in [0.2, 0.25) is 0 Å².